The number of hydrogen-bond donors (Lipinski definition) is 1. The third kappa shape index (κ3) is 3.87. The summed E-state index contributed by atoms with van der Waals surface area (Å²) in [5.41, 5.74) is 1.91. The Kier molecular flexibility index (Phi) is 5.21. The molecule has 0 fully saturated rings. The number of ether oxygens (including phenoxy) is 1. The summed E-state index contributed by atoms with van der Waals surface area (Å²) >= 11 is 0. The number of nitrogens with one attached hydrogen (secondary N) is 1. The number of benzene rings is 2. The van der Waals surface area contributed by atoms with Gasteiger partial charge in [-0.3, -0.25) is 0 Å². The quantitative estimate of drug-likeness (QED) is 0.889. The van der Waals surface area contributed by atoms with Crippen LogP contribution in [-0.2, 0) is 16.6 Å². The summed E-state index contributed by atoms with van der Waals surface area (Å²) in [4.78, 5) is 0.270. The van der Waals surface area contributed by atoms with E-state index in [1.165, 1.54) is 0 Å². The Hall–Kier alpha value is -1.85. The fourth-order valence-electron chi connectivity index (χ4n) is 2.14. The number of hydrogen-bond acceptors (Lipinski definition) is 3. The van der Waals surface area contributed by atoms with Gasteiger partial charge < -0.3 is 4.74 Å². The Morgan fingerprint density at radius 3 is 2.27 bits per heavy atom. The van der Waals surface area contributed by atoms with Gasteiger partial charge in [-0.1, -0.05) is 44.2 Å². The summed E-state index contributed by atoms with van der Waals surface area (Å²) in [5, 5.41) is 0. The predicted octanol–water partition coefficient (Wildman–Crippen LogP) is 3.30. The summed E-state index contributed by atoms with van der Waals surface area (Å²) < 4.78 is 32.5. The minimum absolute atomic E-state index is 0.193. The van der Waals surface area contributed by atoms with E-state index in [1.807, 2.05) is 30.3 Å². The molecule has 0 aromatic heterocycles. The van der Waals surface area contributed by atoms with Crippen LogP contribution in [0.4, 0.5) is 0 Å². The molecule has 22 heavy (non-hydrogen) atoms. The molecule has 0 bridgehead atoms. The van der Waals surface area contributed by atoms with E-state index in [0.717, 1.165) is 11.1 Å². The van der Waals surface area contributed by atoms with Gasteiger partial charge in [0.1, 0.15) is 5.75 Å². The van der Waals surface area contributed by atoms with Crippen LogP contribution in [0.25, 0.3) is 0 Å². The van der Waals surface area contributed by atoms with E-state index in [4.69, 9.17) is 4.74 Å². The molecule has 4 nitrogen and oxygen atoms in total. The summed E-state index contributed by atoms with van der Waals surface area (Å²) in [6.07, 6.45) is 0. The monoisotopic (exact) mass is 319 g/mol. The van der Waals surface area contributed by atoms with Gasteiger partial charge in [0.25, 0.3) is 0 Å². The van der Waals surface area contributed by atoms with Crippen molar-refractivity contribution in [3.05, 3.63) is 59.7 Å². The smallest absolute Gasteiger partial charge is 0.240 e. The van der Waals surface area contributed by atoms with Gasteiger partial charge in [0.2, 0.25) is 10.0 Å². The van der Waals surface area contributed by atoms with Gasteiger partial charge in [-0.05, 0) is 29.7 Å². The molecule has 1 N–H and O–H groups in total. The van der Waals surface area contributed by atoms with E-state index in [0.29, 0.717) is 11.7 Å². The summed E-state index contributed by atoms with van der Waals surface area (Å²) in [6.45, 7) is 4.34. The lowest BCUT2D eigenvalue weighted by Crippen LogP contribution is -2.23. The van der Waals surface area contributed by atoms with Crippen LogP contribution in [0.2, 0.25) is 0 Å². The summed E-state index contributed by atoms with van der Waals surface area (Å²) in [7, 11) is -1.96. The molecule has 2 aromatic rings. The van der Waals surface area contributed by atoms with Gasteiger partial charge in [0.15, 0.2) is 0 Å². The molecule has 0 spiro atoms. The third-order valence-corrected chi connectivity index (χ3v) is 4.92. The van der Waals surface area contributed by atoms with Gasteiger partial charge >= 0.3 is 0 Å². The molecule has 0 atom stereocenters. The second-order valence-electron chi connectivity index (χ2n) is 5.36. The maximum absolute atomic E-state index is 12.3. The summed E-state index contributed by atoms with van der Waals surface area (Å²) in [6, 6.07) is 14.3. The second kappa shape index (κ2) is 6.94. The lowest BCUT2D eigenvalue weighted by molar-refractivity contribution is 0.409. The van der Waals surface area contributed by atoms with Gasteiger partial charge in [-0.15, -0.1) is 0 Å². The van der Waals surface area contributed by atoms with E-state index in [2.05, 4.69) is 18.6 Å². The zero-order chi connectivity index (χ0) is 16.2. The third-order valence-electron chi connectivity index (χ3n) is 3.50. The Morgan fingerprint density at radius 1 is 1.05 bits per heavy atom. The molecule has 0 radical (unpaired) electrons. The highest BCUT2D eigenvalue weighted by Gasteiger charge is 2.15. The highest BCUT2D eigenvalue weighted by molar-refractivity contribution is 7.89. The van der Waals surface area contributed by atoms with Crippen LogP contribution in [0, 0.1) is 0 Å². The lowest BCUT2D eigenvalue weighted by Gasteiger charge is -2.11. The van der Waals surface area contributed by atoms with Crippen molar-refractivity contribution >= 4 is 10.0 Å². The van der Waals surface area contributed by atoms with Crippen LogP contribution >= 0.6 is 0 Å². The topological polar surface area (TPSA) is 55.4 Å². The predicted molar refractivity (Wildman–Crippen MR) is 87.6 cm³/mol. The fourth-order valence-corrected chi connectivity index (χ4v) is 3.14. The molecule has 0 saturated carbocycles. The van der Waals surface area contributed by atoms with Crippen LogP contribution in [-0.4, -0.2) is 15.5 Å². The van der Waals surface area contributed by atoms with Crippen molar-refractivity contribution in [3.63, 3.8) is 0 Å². The molecular formula is C17H21NO3S. The van der Waals surface area contributed by atoms with Crippen LogP contribution in [0.15, 0.2) is 53.4 Å². The second-order valence-corrected chi connectivity index (χ2v) is 7.13. The van der Waals surface area contributed by atoms with Gasteiger partial charge in [0, 0.05) is 12.1 Å². The molecule has 0 aliphatic rings. The number of para-hydroxylation sites is 1. The standard InChI is InChI=1S/C17H21NO3S/c1-13(2)14-8-10-16(11-9-14)22(19,20)18-12-15-6-4-5-7-17(15)21-3/h4-11,13,18H,12H2,1-3H3. The van der Waals surface area contributed by atoms with Crippen molar-refractivity contribution in [2.24, 2.45) is 0 Å². The number of methoxy groups -OCH3 is 1. The average Bonchev–Trinajstić information content (AvgIpc) is 2.53. The largest absolute Gasteiger partial charge is 0.496 e. The van der Waals surface area contributed by atoms with E-state index in [-0.39, 0.29) is 11.4 Å². The molecule has 0 aliphatic heterocycles. The van der Waals surface area contributed by atoms with E-state index in [9.17, 15) is 8.42 Å². The number of rotatable bonds is 6. The van der Waals surface area contributed by atoms with Crippen molar-refractivity contribution in [2.75, 3.05) is 7.11 Å². The highest BCUT2D eigenvalue weighted by Crippen LogP contribution is 2.19. The Bertz CT molecular complexity index is 722. The first-order valence-corrected chi connectivity index (χ1v) is 8.64. The van der Waals surface area contributed by atoms with Crippen LogP contribution in [0.3, 0.4) is 0 Å². The van der Waals surface area contributed by atoms with Crippen molar-refractivity contribution in [2.45, 2.75) is 31.2 Å². The van der Waals surface area contributed by atoms with Crippen LogP contribution < -0.4 is 9.46 Å². The molecule has 2 aromatic carbocycles. The molecular weight excluding hydrogens is 298 g/mol. The first-order valence-electron chi connectivity index (χ1n) is 7.15. The Balaban J connectivity index is 2.14. The first kappa shape index (κ1) is 16.5. The molecule has 5 heteroatoms. The van der Waals surface area contributed by atoms with E-state index >= 15 is 0 Å². The van der Waals surface area contributed by atoms with Crippen molar-refractivity contribution < 1.29 is 13.2 Å². The maximum Gasteiger partial charge on any atom is 0.240 e. The molecule has 2 rings (SSSR count). The van der Waals surface area contributed by atoms with Gasteiger partial charge in [0.05, 0.1) is 12.0 Å². The average molecular weight is 319 g/mol. The van der Waals surface area contributed by atoms with Crippen molar-refractivity contribution in [1.29, 1.82) is 0 Å². The summed E-state index contributed by atoms with van der Waals surface area (Å²) in [5.74, 6) is 1.04. The first-order chi connectivity index (χ1) is 10.4. The lowest BCUT2D eigenvalue weighted by atomic mass is 10.0. The van der Waals surface area contributed by atoms with E-state index in [1.54, 1.807) is 25.3 Å². The zero-order valence-electron chi connectivity index (χ0n) is 13.0. The van der Waals surface area contributed by atoms with Gasteiger partial charge in [-0.2, -0.15) is 0 Å². The Labute approximate surface area is 132 Å². The molecule has 0 saturated heterocycles. The Morgan fingerprint density at radius 2 is 1.68 bits per heavy atom. The normalized spacial score (nSPS) is 11.6. The van der Waals surface area contributed by atoms with Crippen LogP contribution in [0.1, 0.15) is 30.9 Å². The van der Waals surface area contributed by atoms with Crippen molar-refractivity contribution in [1.82, 2.24) is 4.72 Å². The van der Waals surface area contributed by atoms with Gasteiger partial charge in [-0.25, -0.2) is 13.1 Å². The molecule has 118 valence electrons. The fraction of sp³-hybridized carbons (Fsp3) is 0.294. The SMILES string of the molecule is COc1ccccc1CNS(=O)(=O)c1ccc(C(C)C)cc1. The molecule has 0 heterocycles. The minimum atomic E-state index is -3.53. The number of sulfonamides is 1. The molecule has 0 amide bonds. The maximum atomic E-state index is 12.3. The zero-order valence-corrected chi connectivity index (χ0v) is 13.9. The van der Waals surface area contributed by atoms with Crippen LogP contribution in [0.5, 0.6) is 5.75 Å². The molecule has 0 unspecified atom stereocenters. The molecule has 0 aliphatic carbocycles. The minimum Gasteiger partial charge on any atom is -0.496 e. The highest BCUT2D eigenvalue weighted by atomic mass is 32.2. The van der Waals surface area contributed by atoms with E-state index < -0.39 is 10.0 Å². The van der Waals surface area contributed by atoms with Crippen molar-refractivity contribution in [3.8, 4) is 5.75 Å².